The Bertz CT molecular complexity index is 1030. The number of hydrogen-bond donors (Lipinski definition) is 0. The lowest BCUT2D eigenvalue weighted by molar-refractivity contribution is 0.628. The molecule has 3 heterocycles. The van der Waals surface area contributed by atoms with E-state index >= 15 is 0 Å². The third-order valence-electron chi connectivity index (χ3n) is 4.25. The normalized spacial score (nSPS) is 11.6. The molecule has 0 bridgehead atoms. The number of nitrogens with zero attached hydrogens (tertiary/aromatic N) is 6. The Morgan fingerprint density at radius 1 is 1.04 bits per heavy atom. The lowest BCUT2D eigenvalue weighted by Crippen LogP contribution is -2.03. The molecule has 128 valence electrons. The van der Waals surface area contributed by atoms with Crippen molar-refractivity contribution in [2.24, 2.45) is 0 Å². The van der Waals surface area contributed by atoms with Crippen molar-refractivity contribution in [2.45, 2.75) is 39.7 Å². The fourth-order valence-electron chi connectivity index (χ4n) is 2.87. The molecule has 0 aliphatic carbocycles. The average molecular weight is 338 g/mol. The summed E-state index contributed by atoms with van der Waals surface area (Å²) in [5.74, 6) is 1.15. The van der Waals surface area contributed by atoms with E-state index in [1.807, 2.05) is 17.8 Å². The topological polar surface area (TPSA) is 60.9 Å². The Morgan fingerprint density at radius 3 is 2.56 bits per heavy atom. The number of hydrogen-bond acceptors (Lipinski definition) is 4. The SMILES string of the molecule is CCCCc1nc2nn(CC)cc2c2nc(-c3ccc(F)cc3)nn12. The van der Waals surface area contributed by atoms with Crippen LogP contribution in [0.3, 0.4) is 0 Å². The Kier molecular flexibility index (Phi) is 3.91. The predicted octanol–water partition coefficient (Wildman–Crippen LogP) is 3.64. The monoisotopic (exact) mass is 338 g/mol. The Morgan fingerprint density at radius 2 is 1.84 bits per heavy atom. The molecule has 0 unspecified atom stereocenters. The molecule has 1 aromatic carbocycles. The highest BCUT2D eigenvalue weighted by Crippen LogP contribution is 2.23. The standard InChI is InChI=1S/C18H19FN6/c1-3-5-6-15-20-17-14(11-24(4-2)22-17)18-21-16(23-25(15)18)12-7-9-13(19)10-8-12/h7-11H,3-6H2,1-2H3. The third-order valence-corrected chi connectivity index (χ3v) is 4.25. The van der Waals surface area contributed by atoms with Gasteiger partial charge in [0, 0.05) is 24.7 Å². The lowest BCUT2D eigenvalue weighted by Gasteiger charge is -2.02. The first-order valence-corrected chi connectivity index (χ1v) is 8.58. The van der Waals surface area contributed by atoms with Gasteiger partial charge in [0.2, 0.25) is 0 Å². The fraction of sp³-hybridized carbons (Fsp3) is 0.333. The minimum Gasteiger partial charge on any atom is -0.270 e. The van der Waals surface area contributed by atoms with Crippen LogP contribution in [-0.2, 0) is 13.0 Å². The number of rotatable bonds is 5. The predicted molar refractivity (Wildman–Crippen MR) is 93.8 cm³/mol. The van der Waals surface area contributed by atoms with Crippen molar-refractivity contribution < 1.29 is 4.39 Å². The molecule has 0 fully saturated rings. The Labute approximate surface area is 144 Å². The maximum atomic E-state index is 13.2. The maximum Gasteiger partial charge on any atom is 0.186 e. The summed E-state index contributed by atoms with van der Waals surface area (Å²) in [6.07, 6.45) is 4.86. The van der Waals surface area contributed by atoms with Crippen molar-refractivity contribution in [3.05, 3.63) is 42.1 Å². The molecule has 4 rings (SSSR count). The highest BCUT2D eigenvalue weighted by Gasteiger charge is 2.16. The van der Waals surface area contributed by atoms with Gasteiger partial charge in [-0.05, 0) is 37.6 Å². The number of benzene rings is 1. The Hall–Kier alpha value is -2.83. The van der Waals surface area contributed by atoms with E-state index < -0.39 is 0 Å². The average Bonchev–Trinajstić information content (AvgIpc) is 3.24. The first-order chi connectivity index (χ1) is 12.2. The summed E-state index contributed by atoms with van der Waals surface area (Å²) in [5, 5.41) is 10.0. The third kappa shape index (κ3) is 2.75. The molecular weight excluding hydrogens is 319 g/mol. The van der Waals surface area contributed by atoms with Crippen molar-refractivity contribution in [2.75, 3.05) is 0 Å². The summed E-state index contributed by atoms with van der Waals surface area (Å²) in [6, 6.07) is 6.22. The van der Waals surface area contributed by atoms with Gasteiger partial charge in [-0.15, -0.1) is 5.10 Å². The van der Waals surface area contributed by atoms with Crippen molar-refractivity contribution in [1.82, 2.24) is 29.4 Å². The molecular formula is C18H19FN6. The molecule has 0 saturated carbocycles. The summed E-state index contributed by atoms with van der Waals surface area (Å²) in [6.45, 7) is 4.95. The zero-order valence-corrected chi connectivity index (χ0v) is 14.3. The van der Waals surface area contributed by atoms with Crippen LogP contribution in [0, 0.1) is 5.82 Å². The smallest absolute Gasteiger partial charge is 0.186 e. The molecule has 0 atom stereocenters. The molecule has 7 heteroatoms. The van der Waals surface area contributed by atoms with Gasteiger partial charge in [0.15, 0.2) is 17.1 Å². The van der Waals surface area contributed by atoms with Gasteiger partial charge in [-0.1, -0.05) is 13.3 Å². The van der Waals surface area contributed by atoms with Gasteiger partial charge in [0.1, 0.15) is 11.6 Å². The zero-order valence-electron chi connectivity index (χ0n) is 14.3. The van der Waals surface area contributed by atoms with Crippen LogP contribution < -0.4 is 0 Å². The molecule has 0 spiro atoms. The van der Waals surface area contributed by atoms with Gasteiger partial charge in [-0.3, -0.25) is 4.68 Å². The van der Waals surface area contributed by atoms with Crippen LogP contribution in [0.1, 0.15) is 32.5 Å². The van der Waals surface area contributed by atoms with E-state index in [9.17, 15) is 4.39 Å². The minimum atomic E-state index is -0.274. The molecule has 6 nitrogen and oxygen atoms in total. The van der Waals surface area contributed by atoms with Crippen LogP contribution in [0.5, 0.6) is 0 Å². The highest BCUT2D eigenvalue weighted by molar-refractivity contribution is 5.89. The fourth-order valence-corrected chi connectivity index (χ4v) is 2.87. The van der Waals surface area contributed by atoms with Crippen molar-refractivity contribution >= 4 is 16.7 Å². The number of aromatic nitrogens is 6. The van der Waals surface area contributed by atoms with Gasteiger partial charge in [0.25, 0.3) is 0 Å². The molecule has 0 radical (unpaired) electrons. The molecule has 4 aromatic rings. The van der Waals surface area contributed by atoms with E-state index in [1.54, 1.807) is 16.6 Å². The first-order valence-electron chi connectivity index (χ1n) is 8.58. The summed E-state index contributed by atoms with van der Waals surface area (Å²) < 4.78 is 16.9. The molecule has 0 N–H and O–H groups in total. The van der Waals surface area contributed by atoms with E-state index in [0.717, 1.165) is 48.2 Å². The van der Waals surface area contributed by atoms with E-state index in [1.165, 1.54) is 12.1 Å². The summed E-state index contributed by atoms with van der Waals surface area (Å²) in [4.78, 5) is 9.39. The minimum absolute atomic E-state index is 0.274. The highest BCUT2D eigenvalue weighted by atomic mass is 19.1. The molecule has 0 aliphatic heterocycles. The number of halogens is 1. The second-order valence-corrected chi connectivity index (χ2v) is 6.03. The van der Waals surface area contributed by atoms with E-state index in [4.69, 9.17) is 9.97 Å². The summed E-state index contributed by atoms with van der Waals surface area (Å²) >= 11 is 0. The number of aryl methyl sites for hydroxylation is 2. The quantitative estimate of drug-likeness (QED) is 0.557. The van der Waals surface area contributed by atoms with E-state index in [2.05, 4.69) is 17.1 Å². The van der Waals surface area contributed by atoms with Gasteiger partial charge >= 0.3 is 0 Å². The molecule has 0 aliphatic rings. The van der Waals surface area contributed by atoms with Gasteiger partial charge in [-0.2, -0.15) is 9.61 Å². The van der Waals surface area contributed by atoms with Crippen LogP contribution in [0.15, 0.2) is 30.5 Å². The second kappa shape index (κ2) is 6.23. The number of unbranched alkanes of at least 4 members (excludes halogenated alkanes) is 1. The van der Waals surface area contributed by atoms with Gasteiger partial charge in [-0.25, -0.2) is 14.4 Å². The molecule has 0 saturated heterocycles. The molecule has 0 amide bonds. The van der Waals surface area contributed by atoms with Crippen molar-refractivity contribution in [3.8, 4) is 11.4 Å². The van der Waals surface area contributed by atoms with Crippen LogP contribution in [0.25, 0.3) is 28.1 Å². The van der Waals surface area contributed by atoms with Gasteiger partial charge < -0.3 is 0 Å². The largest absolute Gasteiger partial charge is 0.270 e. The maximum absolute atomic E-state index is 13.2. The van der Waals surface area contributed by atoms with Crippen LogP contribution in [0.4, 0.5) is 4.39 Å². The lowest BCUT2D eigenvalue weighted by atomic mass is 10.2. The second-order valence-electron chi connectivity index (χ2n) is 6.03. The summed E-state index contributed by atoms with van der Waals surface area (Å²) in [5.41, 5.74) is 2.22. The first kappa shape index (κ1) is 15.7. The van der Waals surface area contributed by atoms with Crippen molar-refractivity contribution in [3.63, 3.8) is 0 Å². The Balaban J connectivity index is 1.94. The van der Waals surface area contributed by atoms with E-state index in [-0.39, 0.29) is 5.82 Å². The van der Waals surface area contributed by atoms with E-state index in [0.29, 0.717) is 11.5 Å². The van der Waals surface area contributed by atoms with Crippen LogP contribution >= 0.6 is 0 Å². The molecule has 3 aromatic heterocycles. The van der Waals surface area contributed by atoms with Crippen LogP contribution in [0.2, 0.25) is 0 Å². The number of fused-ring (bicyclic) bond motifs is 3. The summed E-state index contributed by atoms with van der Waals surface area (Å²) in [7, 11) is 0. The van der Waals surface area contributed by atoms with Gasteiger partial charge in [0.05, 0.1) is 5.39 Å². The zero-order chi connectivity index (χ0) is 17.4. The van der Waals surface area contributed by atoms with Crippen LogP contribution in [-0.4, -0.2) is 29.4 Å². The van der Waals surface area contributed by atoms with Crippen molar-refractivity contribution in [1.29, 1.82) is 0 Å². The molecule has 25 heavy (non-hydrogen) atoms.